The maximum absolute atomic E-state index is 12.1. The first-order chi connectivity index (χ1) is 11.4. The molecule has 1 heterocycles. The van der Waals surface area contributed by atoms with E-state index in [1.54, 1.807) is 0 Å². The van der Waals surface area contributed by atoms with Gasteiger partial charge < -0.3 is 15.4 Å². The molecule has 24 heavy (non-hydrogen) atoms. The van der Waals surface area contributed by atoms with Crippen LogP contribution in [0.5, 0.6) is 0 Å². The van der Waals surface area contributed by atoms with Gasteiger partial charge in [0.1, 0.15) is 6.04 Å². The number of rotatable bonds is 10. The molecule has 0 bridgehead atoms. The zero-order valence-electron chi connectivity index (χ0n) is 14.8. The van der Waals surface area contributed by atoms with E-state index in [0.717, 1.165) is 22.4 Å². The summed E-state index contributed by atoms with van der Waals surface area (Å²) in [7, 11) is 1.32. The molecule has 7 nitrogen and oxygen atoms in total. The number of amides is 1. The van der Waals surface area contributed by atoms with E-state index in [4.69, 9.17) is 4.74 Å². The van der Waals surface area contributed by atoms with Gasteiger partial charge in [-0.3, -0.25) is 4.79 Å². The van der Waals surface area contributed by atoms with Crippen LogP contribution in [0, 0.1) is 11.8 Å². The molecule has 0 aliphatic carbocycles. The number of anilines is 1. The van der Waals surface area contributed by atoms with E-state index in [9.17, 15) is 9.59 Å². The summed E-state index contributed by atoms with van der Waals surface area (Å²) in [5.41, 5.74) is 0. The monoisotopic (exact) mass is 374 g/mol. The predicted molar refractivity (Wildman–Crippen MR) is 97.4 cm³/mol. The molecule has 0 saturated carbocycles. The van der Waals surface area contributed by atoms with Crippen molar-refractivity contribution in [3.63, 3.8) is 0 Å². The molecule has 0 aliphatic heterocycles. The Kier molecular flexibility index (Phi) is 9.05. The number of aromatic nitrogens is 2. The summed E-state index contributed by atoms with van der Waals surface area (Å²) >= 11 is 2.72. The summed E-state index contributed by atoms with van der Waals surface area (Å²) < 4.78 is 5.48. The second-order valence-corrected chi connectivity index (χ2v) is 8.09. The van der Waals surface area contributed by atoms with Gasteiger partial charge in [0.25, 0.3) is 0 Å². The summed E-state index contributed by atoms with van der Waals surface area (Å²) in [5, 5.41) is 14.8. The van der Waals surface area contributed by atoms with E-state index in [-0.39, 0.29) is 17.6 Å². The molecule has 0 saturated heterocycles. The highest BCUT2D eigenvalue weighted by molar-refractivity contribution is 8.01. The minimum absolute atomic E-state index is 0.0137. The Morgan fingerprint density at radius 3 is 2.58 bits per heavy atom. The Morgan fingerprint density at radius 1 is 1.29 bits per heavy atom. The zero-order valence-corrected chi connectivity index (χ0v) is 16.4. The number of carbonyl (C=O) groups excluding carboxylic acids is 2. The standard InChI is InChI=1S/C15H26N4O3S2/c1-6-10(4)12(13(21)22-5)17-11(20)8-23-15-19-18-14(24-15)16-7-9(2)3/h9-10,12H,6-8H2,1-5H3,(H,16,18)(H,17,20)/t10-,12-/m0/s1. The van der Waals surface area contributed by atoms with Crippen molar-refractivity contribution >= 4 is 40.1 Å². The van der Waals surface area contributed by atoms with Crippen LogP contribution in [0.2, 0.25) is 0 Å². The van der Waals surface area contributed by atoms with Crippen LogP contribution in [0.3, 0.4) is 0 Å². The van der Waals surface area contributed by atoms with E-state index in [1.165, 1.54) is 30.2 Å². The molecule has 9 heteroatoms. The minimum Gasteiger partial charge on any atom is -0.467 e. The van der Waals surface area contributed by atoms with Crippen LogP contribution in [0.4, 0.5) is 5.13 Å². The van der Waals surface area contributed by atoms with Gasteiger partial charge in [0.15, 0.2) is 4.34 Å². The normalized spacial score (nSPS) is 13.4. The minimum atomic E-state index is -0.620. The third-order valence-electron chi connectivity index (χ3n) is 3.38. The first kappa shape index (κ1) is 20.7. The fourth-order valence-corrected chi connectivity index (χ4v) is 3.34. The van der Waals surface area contributed by atoms with Crippen molar-refractivity contribution in [2.24, 2.45) is 11.8 Å². The van der Waals surface area contributed by atoms with Crippen molar-refractivity contribution in [2.75, 3.05) is 24.7 Å². The summed E-state index contributed by atoms with van der Waals surface area (Å²) in [5.74, 6) is 0.0793. The van der Waals surface area contributed by atoms with Gasteiger partial charge in [0.2, 0.25) is 11.0 Å². The van der Waals surface area contributed by atoms with Crippen molar-refractivity contribution in [3.8, 4) is 0 Å². The molecule has 2 N–H and O–H groups in total. The third-order valence-corrected chi connectivity index (χ3v) is 5.39. The number of esters is 1. The van der Waals surface area contributed by atoms with Crippen molar-refractivity contribution in [3.05, 3.63) is 0 Å². The molecule has 1 amide bonds. The van der Waals surface area contributed by atoms with E-state index in [1.807, 2.05) is 13.8 Å². The number of hydrogen-bond donors (Lipinski definition) is 2. The number of ether oxygens (including phenoxy) is 1. The van der Waals surface area contributed by atoms with Gasteiger partial charge in [-0.25, -0.2) is 4.79 Å². The van der Waals surface area contributed by atoms with Crippen LogP contribution in [0.25, 0.3) is 0 Å². The lowest BCUT2D eigenvalue weighted by Crippen LogP contribution is -2.46. The Balaban J connectivity index is 2.48. The molecular weight excluding hydrogens is 348 g/mol. The Labute approximate surface area is 151 Å². The molecule has 1 rings (SSSR count). The molecular formula is C15H26N4O3S2. The topological polar surface area (TPSA) is 93.2 Å². The van der Waals surface area contributed by atoms with Crippen molar-refractivity contribution in [1.29, 1.82) is 0 Å². The smallest absolute Gasteiger partial charge is 0.328 e. The molecule has 0 spiro atoms. The molecule has 0 unspecified atom stereocenters. The SMILES string of the molecule is CC[C@H](C)[C@H](NC(=O)CSc1nnc(NCC(C)C)s1)C(=O)OC. The number of thioether (sulfide) groups is 1. The van der Waals surface area contributed by atoms with Gasteiger partial charge in [-0.05, 0) is 11.8 Å². The maximum Gasteiger partial charge on any atom is 0.328 e. The fourth-order valence-electron chi connectivity index (χ4n) is 1.77. The van der Waals surface area contributed by atoms with Gasteiger partial charge in [0.05, 0.1) is 12.9 Å². The van der Waals surface area contributed by atoms with E-state index < -0.39 is 12.0 Å². The highest BCUT2D eigenvalue weighted by atomic mass is 32.2. The van der Waals surface area contributed by atoms with Crippen molar-refractivity contribution in [2.45, 2.75) is 44.5 Å². The van der Waals surface area contributed by atoms with E-state index in [2.05, 4.69) is 34.7 Å². The fraction of sp³-hybridized carbons (Fsp3) is 0.733. The van der Waals surface area contributed by atoms with Crippen LogP contribution >= 0.6 is 23.1 Å². The second-order valence-electron chi connectivity index (χ2n) is 5.89. The highest BCUT2D eigenvalue weighted by Gasteiger charge is 2.26. The number of methoxy groups -OCH3 is 1. The average Bonchev–Trinajstić information content (AvgIpc) is 3.02. The van der Waals surface area contributed by atoms with Crippen LogP contribution < -0.4 is 10.6 Å². The molecule has 0 fully saturated rings. The molecule has 2 atom stereocenters. The van der Waals surface area contributed by atoms with Crippen molar-refractivity contribution in [1.82, 2.24) is 15.5 Å². The third kappa shape index (κ3) is 7.04. The van der Waals surface area contributed by atoms with Gasteiger partial charge in [0, 0.05) is 6.54 Å². The number of nitrogens with zero attached hydrogens (tertiary/aromatic N) is 2. The number of carbonyl (C=O) groups is 2. The molecule has 0 aromatic carbocycles. The maximum atomic E-state index is 12.1. The van der Waals surface area contributed by atoms with Crippen LogP contribution in [-0.2, 0) is 14.3 Å². The molecule has 0 radical (unpaired) electrons. The quantitative estimate of drug-likeness (QED) is 0.480. The predicted octanol–water partition coefficient (Wildman–Crippen LogP) is 2.40. The molecule has 1 aromatic rings. The van der Waals surface area contributed by atoms with E-state index >= 15 is 0 Å². The van der Waals surface area contributed by atoms with Gasteiger partial charge >= 0.3 is 5.97 Å². The first-order valence-corrected chi connectivity index (χ1v) is 9.74. The molecule has 0 aliphatic rings. The zero-order chi connectivity index (χ0) is 18.1. The summed E-state index contributed by atoms with van der Waals surface area (Å²) in [6.45, 7) is 8.93. The summed E-state index contributed by atoms with van der Waals surface area (Å²) in [6.07, 6.45) is 0.772. The van der Waals surface area contributed by atoms with Gasteiger partial charge in [-0.15, -0.1) is 10.2 Å². The largest absolute Gasteiger partial charge is 0.467 e. The van der Waals surface area contributed by atoms with Crippen LogP contribution in [0.1, 0.15) is 34.1 Å². The van der Waals surface area contributed by atoms with Crippen LogP contribution in [-0.4, -0.2) is 47.5 Å². The van der Waals surface area contributed by atoms with Gasteiger partial charge in [-0.1, -0.05) is 57.2 Å². The molecule has 136 valence electrons. The van der Waals surface area contributed by atoms with E-state index in [0.29, 0.717) is 5.92 Å². The number of nitrogens with one attached hydrogen (secondary N) is 2. The Bertz CT molecular complexity index is 537. The second kappa shape index (κ2) is 10.5. The first-order valence-electron chi connectivity index (χ1n) is 7.94. The lowest BCUT2D eigenvalue weighted by Gasteiger charge is -2.21. The Hall–Kier alpha value is -1.35. The lowest BCUT2D eigenvalue weighted by atomic mass is 9.99. The molecule has 1 aromatic heterocycles. The summed E-state index contributed by atoms with van der Waals surface area (Å²) in [6, 6.07) is -0.620. The van der Waals surface area contributed by atoms with Crippen molar-refractivity contribution < 1.29 is 14.3 Å². The highest BCUT2D eigenvalue weighted by Crippen LogP contribution is 2.25. The number of hydrogen-bond acceptors (Lipinski definition) is 8. The average molecular weight is 375 g/mol. The lowest BCUT2D eigenvalue weighted by molar-refractivity contribution is -0.146. The van der Waals surface area contributed by atoms with Gasteiger partial charge in [-0.2, -0.15) is 0 Å². The van der Waals surface area contributed by atoms with Crippen LogP contribution in [0.15, 0.2) is 4.34 Å². The Morgan fingerprint density at radius 2 is 2.00 bits per heavy atom. The summed E-state index contributed by atoms with van der Waals surface area (Å²) in [4.78, 5) is 23.9.